The summed E-state index contributed by atoms with van der Waals surface area (Å²) in [4.78, 5) is 12.2. The van der Waals surface area contributed by atoms with E-state index in [1.54, 1.807) is 25.3 Å². The van der Waals surface area contributed by atoms with Crippen molar-refractivity contribution in [2.75, 3.05) is 17.7 Å². The summed E-state index contributed by atoms with van der Waals surface area (Å²) in [6.45, 7) is 1.95. The van der Waals surface area contributed by atoms with E-state index in [1.165, 1.54) is 0 Å². The molecule has 0 aliphatic carbocycles. The Hall–Kier alpha value is -3.12. The maximum absolute atomic E-state index is 12.2. The molecule has 0 atom stereocenters. The van der Waals surface area contributed by atoms with Crippen LogP contribution in [0.4, 0.5) is 17.3 Å². The largest absolute Gasteiger partial charge is 0.497 e. The molecule has 6 nitrogen and oxygen atoms in total. The first-order valence-corrected chi connectivity index (χ1v) is 8.71. The Labute approximate surface area is 162 Å². The fourth-order valence-corrected chi connectivity index (χ4v) is 2.71. The van der Waals surface area contributed by atoms with Crippen molar-refractivity contribution in [1.29, 1.82) is 0 Å². The second-order valence-corrected chi connectivity index (χ2v) is 6.40. The zero-order chi connectivity index (χ0) is 19.2. The summed E-state index contributed by atoms with van der Waals surface area (Å²) < 4.78 is 5.11. The maximum atomic E-state index is 12.2. The summed E-state index contributed by atoms with van der Waals surface area (Å²) in [6, 6.07) is 16.4. The number of aromatic nitrogens is 2. The van der Waals surface area contributed by atoms with E-state index < -0.39 is 0 Å². The van der Waals surface area contributed by atoms with Gasteiger partial charge in [-0.15, -0.1) is 10.2 Å². The van der Waals surface area contributed by atoms with Crippen LogP contribution in [0.1, 0.15) is 11.1 Å². The molecule has 0 unspecified atom stereocenters. The van der Waals surface area contributed by atoms with Crippen LogP contribution in [0.5, 0.6) is 5.75 Å². The van der Waals surface area contributed by atoms with E-state index in [1.807, 2.05) is 43.3 Å². The number of carbonyl (C=O) groups is 1. The molecule has 0 spiro atoms. The first-order chi connectivity index (χ1) is 13.0. The van der Waals surface area contributed by atoms with Gasteiger partial charge in [-0.05, 0) is 60.5 Å². The molecular formula is C20H19ClN4O2. The quantitative estimate of drug-likeness (QED) is 0.662. The van der Waals surface area contributed by atoms with Crippen molar-refractivity contribution in [2.24, 2.45) is 0 Å². The molecule has 1 amide bonds. The van der Waals surface area contributed by atoms with Crippen molar-refractivity contribution in [2.45, 2.75) is 13.3 Å². The number of anilines is 3. The van der Waals surface area contributed by atoms with Gasteiger partial charge in [0.2, 0.25) is 5.91 Å². The minimum Gasteiger partial charge on any atom is -0.497 e. The van der Waals surface area contributed by atoms with Crippen LogP contribution in [0.2, 0.25) is 5.02 Å². The highest BCUT2D eigenvalue weighted by atomic mass is 35.5. The molecule has 0 saturated carbocycles. The Kier molecular flexibility index (Phi) is 5.88. The molecular weight excluding hydrogens is 364 g/mol. The first kappa shape index (κ1) is 18.7. The average Bonchev–Trinajstić information content (AvgIpc) is 2.66. The van der Waals surface area contributed by atoms with Gasteiger partial charge in [0.25, 0.3) is 0 Å². The van der Waals surface area contributed by atoms with E-state index in [4.69, 9.17) is 16.3 Å². The van der Waals surface area contributed by atoms with Gasteiger partial charge in [0.05, 0.1) is 13.5 Å². The SMILES string of the molecule is COc1ccc(CC(=O)Nc2ccc(Nc3ccc(Cl)cc3C)nn2)cc1. The highest BCUT2D eigenvalue weighted by Gasteiger charge is 2.07. The number of methoxy groups -OCH3 is 1. The van der Waals surface area contributed by atoms with Crippen LogP contribution in [0.15, 0.2) is 54.6 Å². The van der Waals surface area contributed by atoms with Gasteiger partial charge in [-0.2, -0.15) is 0 Å². The van der Waals surface area contributed by atoms with Gasteiger partial charge < -0.3 is 15.4 Å². The standard InChI is InChI=1S/C20H19ClN4O2/c1-13-11-15(21)5-8-17(13)22-18-9-10-19(25-24-18)23-20(26)12-14-3-6-16(27-2)7-4-14/h3-11H,12H2,1-2H3,(H,22,24)(H,23,25,26). The van der Waals surface area contributed by atoms with Crippen molar-refractivity contribution < 1.29 is 9.53 Å². The van der Waals surface area contributed by atoms with Crippen molar-refractivity contribution in [1.82, 2.24) is 10.2 Å². The number of aryl methyl sites for hydroxylation is 1. The summed E-state index contributed by atoms with van der Waals surface area (Å²) in [5.74, 6) is 1.56. The fraction of sp³-hybridized carbons (Fsp3) is 0.150. The molecule has 1 aromatic heterocycles. The summed E-state index contributed by atoms with van der Waals surface area (Å²) in [6.07, 6.45) is 0.246. The minimum absolute atomic E-state index is 0.163. The predicted molar refractivity (Wildman–Crippen MR) is 107 cm³/mol. The zero-order valence-corrected chi connectivity index (χ0v) is 15.7. The van der Waals surface area contributed by atoms with Gasteiger partial charge >= 0.3 is 0 Å². The van der Waals surface area contributed by atoms with Crippen LogP contribution in [0.25, 0.3) is 0 Å². The Bertz CT molecular complexity index is 928. The van der Waals surface area contributed by atoms with Gasteiger partial charge in [0, 0.05) is 10.7 Å². The highest BCUT2D eigenvalue weighted by molar-refractivity contribution is 6.30. The van der Waals surface area contributed by atoms with Gasteiger partial charge in [-0.3, -0.25) is 4.79 Å². The molecule has 0 aliphatic heterocycles. The molecule has 1 heterocycles. The maximum Gasteiger partial charge on any atom is 0.229 e. The number of nitrogens with zero attached hydrogens (tertiary/aromatic N) is 2. The van der Waals surface area contributed by atoms with Gasteiger partial charge in [-0.1, -0.05) is 23.7 Å². The lowest BCUT2D eigenvalue weighted by Crippen LogP contribution is -2.15. The highest BCUT2D eigenvalue weighted by Crippen LogP contribution is 2.22. The number of nitrogens with one attached hydrogen (secondary N) is 2. The molecule has 0 fully saturated rings. The van der Waals surface area contributed by atoms with E-state index in [2.05, 4.69) is 20.8 Å². The molecule has 3 aromatic rings. The van der Waals surface area contributed by atoms with E-state index in [9.17, 15) is 4.79 Å². The minimum atomic E-state index is -0.163. The lowest BCUT2D eigenvalue weighted by Gasteiger charge is -2.09. The van der Waals surface area contributed by atoms with Crippen molar-refractivity contribution in [3.63, 3.8) is 0 Å². The van der Waals surface area contributed by atoms with Crippen LogP contribution in [-0.2, 0) is 11.2 Å². The number of ether oxygens (including phenoxy) is 1. The van der Waals surface area contributed by atoms with Crippen LogP contribution >= 0.6 is 11.6 Å². The van der Waals surface area contributed by atoms with Crippen molar-refractivity contribution >= 4 is 34.8 Å². The number of benzene rings is 2. The number of hydrogen-bond acceptors (Lipinski definition) is 5. The van der Waals surface area contributed by atoms with E-state index in [0.29, 0.717) is 16.7 Å². The molecule has 2 N–H and O–H groups in total. The lowest BCUT2D eigenvalue weighted by atomic mass is 10.1. The third-order valence-corrected chi connectivity index (χ3v) is 4.14. The van der Waals surface area contributed by atoms with E-state index >= 15 is 0 Å². The number of halogens is 1. The van der Waals surface area contributed by atoms with Gasteiger partial charge in [0.1, 0.15) is 5.75 Å². The molecule has 2 aromatic carbocycles. The topological polar surface area (TPSA) is 76.1 Å². The molecule has 27 heavy (non-hydrogen) atoms. The summed E-state index contributed by atoms with van der Waals surface area (Å²) in [7, 11) is 1.60. The fourth-order valence-electron chi connectivity index (χ4n) is 2.49. The normalized spacial score (nSPS) is 10.3. The molecule has 0 radical (unpaired) electrons. The number of amides is 1. The summed E-state index contributed by atoms with van der Waals surface area (Å²) in [5.41, 5.74) is 2.78. The lowest BCUT2D eigenvalue weighted by molar-refractivity contribution is -0.115. The van der Waals surface area contributed by atoms with Crippen molar-refractivity contribution in [3.05, 3.63) is 70.7 Å². The predicted octanol–water partition coefficient (Wildman–Crippen LogP) is 4.37. The third-order valence-electron chi connectivity index (χ3n) is 3.91. The van der Waals surface area contributed by atoms with Gasteiger partial charge in [0.15, 0.2) is 11.6 Å². The number of carbonyl (C=O) groups excluding carboxylic acids is 1. The zero-order valence-electron chi connectivity index (χ0n) is 15.0. The molecule has 3 rings (SSSR count). The molecule has 0 bridgehead atoms. The second kappa shape index (κ2) is 8.51. The molecule has 7 heteroatoms. The number of rotatable bonds is 6. The second-order valence-electron chi connectivity index (χ2n) is 5.96. The summed E-state index contributed by atoms with van der Waals surface area (Å²) >= 11 is 5.96. The Balaban J connectivity index is 1.58. The van der Waals surface area contributed by atoms with Crippen molar-refractivity contribution in [3.8, 4) is 5.75 Å². The van der Waals surface area contributed by atoms with E-state index in [-0.39, 0.29) is 12.3 Å². The Morgan fingerprint density at radius 2 is 1.74 bits per heavy atom. The smallest absolute Gasteiger partial charge is 0.229 e. The molecule has 138 valence electrons. The summed E-state index contributed by atoms with van der Waals surface area (Å²) in [5, 5.41) is 14.7. The van der Waals surface area contributed by atoms with Gasteiger partial charge in [-0.25, -0.2) is 0 Å². The third kappa shape index (κ3) is 5.18. The first-order valence-electron chi connectivity index (χ1n) is 8.33. The number of hydrogen-bond donors (Lipinski definition) is 2. The Morgan fingerprint density at radius 1 is 1.04 bits per heavy atom. The van der Waals surface area contributed by atoms with Crippen LogP contribution in [0, 0.1) is 6.92 Å². The van der Waals surface area contributed by atoms with Crippen LogP contribution < -0.4 is 15.4 Å². The average molecular weight is 383 g/mol. The van der Waals surface area contributed by atoms with Crippen LogP contribution in [0.3, 0.4) is 0 Å². The van der Waals surface area contributed by atoms with Crippen LogP contribution in [-0.4, -0.2) is 23.2 Å². The molecule has 0 saturated heterocycles. The monoisotopic (exact) mass is 382 g/mol. The van der Waals surface area contributed by atoms with E-state index in [0.717, 1.165) is 22.6 Å². The Morgan fingerprint density at radius 3 is 2.37 bits per heavy atom. The molecule has 0 aliphatic rings.